The molecule has 25 heavy (non-hydrogen) atoms. The number of guanidine groups is 1. The molecule has 7 heteroatoms. The van der Waals surface area contributed by atoms with Gasteiger partial charge in [0.25, 0.3) is 0 Å². The van der Waals surface area contributed by atoms with Crippen molar-refractivity contribution >= 4 is 38.4 Å². The van der Waals surface area contributed by atoms with E-state index in [-0.39, 0.29) is 0 Å². The standard InChI is InChI=1S/C18H24BrN5S/c1-4-20-17(21-10-14-11-25-18(22-14)24(2)3)23-16-9-15(16)12-5-7-13(19)8-6-12/h5-8,11,15-16H,4,9-10H2,1-3H3,(H2,20,21,23). The summed E-state index contributed by atoms with van der Waals surface area (Å²) >= 11 is 5.14. The van der Waals surface area contributed by atoms with Crippen LogP contribution in [0.4, 0.5) is 5.13 Å². The second kappa shape index (κ2) is 8.19. The predicted octanol–water partition coefficient (Wildman–Crippen LogP) is 3.58. The zero-order valence-electron chi connectivity index (χ0n) is 14.8. The molecule has 0 spiro atoms. The lowest BCUT2D eigenvalue weighted by Gasteiger charge is -2.11. The highest BCUT2D eigenvalue weighted by Gasteiger charge is 2.38. The average molecular weight is 422 g/mol. The number of nitrogens with one attached hydrogen (secondary N) is 2. The fraction of sp³-hybridized carbons (Fsp3) is 0.444. The Morgan fingerprint density at radius 1 is 1.36 bits per heavy atom. The van der Waals surface area contributed by atoms with Crippen molar-refractivity contribution < 1.29 is 0 Å². The summed E-state index contributed by atoms with van der Waals surface area (Å²) in [6.07, 6.45) is 1.15. The van der Waals surface area contributed by atoms with Gasteiger partial charge in [-0.3, -0.25) is 0 Å². The first-order chi connectivity index (χ1) is 12.1. The Labute approximate surface area is 161 Å². The molecule has 2 aromatic rings. The van der Waals surface area contributed by atoms with Gasteiger partial charge in [-0.2, -0.15) is 0 Å². The van der Waals surface area contributed by atoms with Crippen LogP contribution in [-0.2, 0) is 6.54 Å². The van der Waals surface area contributed by atoms with Gasteiger partial charge >= 0.3 is 0 Å². The van der Waals surface area contributed by atoms with Crippen molar-refractivity contribution in [3.05, 3.63) is 45.4 Å². The second-order valence-electron chi connectivity index (χ2n) is 6.36. The summed E-state index contributed by atoms with van der Waals surface area (Å²) in [5.74, 6) is 1.43. The van der Waals surface area contributed by atoms with Gasteiger partial charge in [0, 0.05) is 42.5 Å². The SMILES string of the molecule is CCNC(=NCc1csc(N(C)C)n1)NC1CC1c1ccc(Br)cc1. The first-order valence-electron chi connectivity index (χ1n) is 8.49. The van der Waals surface area contributed by atoms with E-state index in [0.29, 0.717) is 18.5 Å². The topological polar surface area (TPSA) is 52.6 Å². The summed E-state index contributed by atoms with van der Waals surface area (Å²) in [5.41, 5.74) is 2.39. The normalized spacial score (nSPS) is 19.6. The molecule has 1 aromatic carbocycles. The van der Waals surface area contributed by atoms with Crippen LogP contribution in [0, 0.1) is 0 Å². The minimum absolute atomic E-state index is 0.451. The van der Waals surface area contributed by atoms with Crippen LogP contribution in [0.5, 0.6) is 0 Å². The van der Waals surface area contributed by atoms with Crippen LogP contribution in [0.15, 0.2) is 39.1 Å². The fourth-order valence-corrected chi connectivity index (χ4v) is 3.68. The quantitative estimate of drug-likeness (QED) is 0.552. The zero-order valence-corrected chi connectivity index (χ0v) is 17.2. The Bertz CT molecular complexity index is 725. The summed E-state index contributed by atoms with van der Waals surface area (Å²) in [7, 11) is 4.01. The third kappa shape index (κ3) is 4.95. The number of hydrogen-bond donors (Lipinski definition) is 2. The number of rotatable bonds is 6. The number of anilines is 1. The van der Waals surface area contributed by atoms with Gasteiger partial charge in [0.2, 0.25) is 0 Å². The Morgan fingerprint density at radius 2 is 2.12 bits per heavy atom. The molecule has 0 radical (unpaired) electrons. The molecule has 0 aliphatic heterocycles. The summed E-state index contributed by atoms with van der Waals surface area (Å²) in [6, 6.07) is 9.05. The van der Waals surface area contributed by atoms with E-state index in [2.05, 4.69) is 68.1 Å². The lowest BCUT2D eigenvalue weighted by atomic mass is 10.1. The van der Waals surface area contributed by atoms with Gasteiger partial charge in [-0.05, 0) is 31.0 Å². The number of aromatic nitrogens is 1. The molecule has 1 fully saturated rings. The molecule has 1 aliphatic carbocycles. The molecule has 5 nitrogen and oxygen atoms in total. The number of nitrogens with zero attached hydrogens (tertiary/aromatic N) is 3. The van der Waals surface area contributed by atoms with E-state index >= 15 is 0 Å². The number of halogens is 1. The molecule has 134 valence electrons. The van der Waals surface area contributed by atoms with Gasteiger partial charge in [0.15, 0.2) is 11.1 Å². The molecule has 1 heterocycles. The van der Waals surface area contributed by atoms with E-state index in [4.69, 9.17) is 4.99 Å². The minimum Gasteiger partial charge on any atom is -0.357 e. The van der Waals surface area contributed by atoms with Crippen LogP contribution in [0.25, 0.3) is 0 Å². The summed E-state index contributed by atoms with van der Waals surface area (Å²) < 4.78 is 1.12. The Kier molecular flexibility index (Phi) is 5.96. The van der Waals surface area contributed by atoms with Crippen molar-refractivity contribution in [2.24, 2.45) is 4.99 Å². The number of benzene rings is 1. The van der Waals surface area contributed by atoms with E-state index in [0.717, 1.165) is 34.2 Å². The number of hydrogen-bond acceptors (Lipinski definition) is 4. The Morgan fingerprint density at radius 3 is 2.76 bits per heavy atom. The third-order valence-corrected chi connectivity index (χ3v) is 5.66. The summed E-state index contributed by atoms with van der Waals surface area (Å²) in [5, 5.41) is 9.97. The molecule has 0 saturated heterocycles. The lowest BCUT2D eigenvalue weighted by molar-refractivity contribution is 0.792. The zero-order chi connectivity index (χ0) is 17.8. The maximum absolute atomic E-state index is 4.69. The third-order valence-electron chi connectivity index (χ3n) is 4.08. The first kappa shape index (κ1) is 18.2. The number of thiazole rings is 1. The van der Waals surface area contributed by atoms with Crippen molar-refractivity contribution in [2.45, 2.75) is 31.8 Å². The molecule has 2 unspecified atom stereocenters. The molecule has 1 saturated carbocycles. The van der Waals surface area contributed by atoms with E-state index in [1.807, 2.05) is 19.0 Å². The molecular weight excluding hydrogens is 398 g/mol. The van der Waals surface area contributed by atoms with Crippen LogP contribution >= 0.6 is 27.3 Å². The monoisotopic (exact) mass is 421 g/mol. The van der Waals surface area contributed by atoms with Crippen molar-refractivity contribution in [3.63, 3.8) is 0 Å². The predicted molar refractivity (Wildman–Crippen MR) is 110 cm³/mol. The van der Waals surface area contributed by atoms with Crippen molar-refractivity contribution in [1.82, 2.24) is 15.6 Å². The van der Waals surface area contributed by atoms with E-state index in [1.165, 1.54) is 5.56 Å². The maximum Gasteiger partial charge on any atom is 0.191 e. The Hall–Kier alpha value is -1.60. The minimum atomic E-state index is 0.451. The van der Waals surface area contributed by atoms with Gasteiger partial charge in [-0.25, -0.2) is 9.98 Å². The molecular formula is C18H24BrN5S. The van der Waals surface area contributed by atoms with Crippen LogP contribution in [0.3, 0.4) is 0 Å². The van der Waals surface area contributed by atoms with Crippen LogP contribution < -0.4 is 15.5 Å². The van der Waals surface area contributed by atoms with Crippen molar-refractivity contribution in [1.29, 1.82) is 0 Å². The highest BCUT2D eigenvalue weighted by molar-refractivity contribution is 9.10. The van der Waals surface area contributed by atoms with Gasteiger partial charge in [-0.1, -0.05) is 28.1 Å². The van der Waals surface area contributed by atoms with Gasteiger partial charge < -0.3 is 15.5 Å². The molecule has 1 aliphatic rings. The highest BCUT2D eigenvalue weighted by atomic mass is 79.9. The van der Waals surface area contributed by atoms with Crippen LogP contribution in [0.1, 0.15) is 30.5 Å². The van der Waals surface area contributed by atoms with Crippen LogP contribution in [0.2, 0.25) is 0 Å². The number of aliphatic imine (C=N–C) groups is 1. The Balaban J connectivity index is 1.58. The molecule has 0 bridgehead atoms. The second-order valence-corrected chi connectivity index (χ2v) is 8.11. The van der Waals surface area contributed by atoms with Gasteiger partial charge in [0.1, 0.15) is 0 Å². The van der Waals surface area contributed by atoms with Gasteiger partial charge in [-0.15, -0.1) is 11.3 Å². The van der Waals surface area contributed by atoms with Gasteiger partial charge in [0.05, 0.1) is 12.2 Å². The van der Waals surface area contributed by atoms with Crippen LogP contribution in [-0.4, -0.2) is 37.6 Å². The highest BCUT2D eigenvalue weighted by Crippen LogP contribution is 2.41. The van der Waals surface area contributed by atoms with E-state index in [9.17, 15) is 0 Å². The molecule has 3 rings (SSSR count). The fourth-order valence-electron chi connectivity index (χ4n) is 2.66. The first-order valence-corrected chi connectivity index (χ1v) is 10.2. The summed E-state index contributed by atoms with van der Waals surface area (Å²) in [4.78, 5) is 11.3. The largest absolute Gasteiger partial charge is 0.357 e. The van der Waals surface area contributed by atoms with Crippen molar-refractivity contribution in [2.75, 3.05) is 25.5 Å². The molecule has 2 N–H and O–H groups in total. The van der Waals surface area contributed by atoms with Crippen molar-refractivity contribution in [3.8, 4) is 0 Å². The molecule has 2 atom stereocenters. The lowest BCUT2D eigenvalue weighted by Crippen LogP contribution is -2.39. The average Bonchev–Trinajstić information content (AvgIpc) is 3.18. The smallest absolute Gasteiger partial charge is 0.191 e. The maximum atomic E-state index is 4.69. The molecule has 0 amide bonds. The van der Waals surface area contributed by atoms with E-state index in [1.54, 1.807) is 11.3 Å². The molecule has 1 aromatic heterocycles. The summed E-state index contributed by atoms with van der Waals surface area (Å²) in [6.45, 7) is 3.53. The van der Waals surface area contributed by atoms with E-state index < -0.39 is 0 Å².